The van der Waals surface area contributed by atoms with Crippen molar-refractivity contribution in [2.75, 3.05) is 26.9 Å². The lowest BCUT2D eigenvalue weighted by Gasteiger charge is -2.33. The summed E-state index contributed by atoms with van der Waals surface area (Å²) >= 11 is 3.54. The van der Waals surface area contributed by atoms with Gasteiger partial charge < -0.3 is 20.1 Å². The number of benzene rings is 1. The molecule has 122 valence electrons. The second kappa shape index (κ2) is 7.77. The van der Waals surface area contributed by atoms with Gasteiger partial charge in [0.2, 0.25) is 0 Å². The Morgan fingerprint density at radius 3 is 3.09 bits per heavy atom. The van der Waals surface area contributed by atoms with Gasteiger partial charge in [-0.25, -0.2) is 0 Å². The largest absolute Gasteiger partial charge is 0.496 e. The van der Waals surface area contributed by atoms with Gasteiger partial charge in [-0.1, -0.05) is 22.4 Å². The number of rotatable bonds is 5. The molecule has 2 N–H and O–H groups in total. The molecule has 3 atom stereocenters. The average molecular weight is 369 g/mol. The number of morpholine rings is 1. The molecule has 1 saturated carbocycles. The Kier molecular flexibility index (Phi) is 5.74. The summed E-state index contributed by atoms with van der Waals surface area (Å²) in [6.45, 7) is 3.52. The zero-order valence-electron chi connectivity index (χ0n) is 13.1. The summed E-state index contributed by atoms with van der Waals surface area (Å²) in [5.41, 5.74) is 1.20. The zero-order valence-corrected chi connectivity index (χ0v) is 14.7. The summed E-state index contributed by atoms with van der Waals surface area (Å²) in [5.74, 6) is 1.61. The van der Waals surface area contributed by atoms with Gasteiger partial charge in [-0.2, -0.15) is 0 Å². The standard InChI is InChI=1S/C17H25BrN2O2/c1-21-17-6-5-13(18)9-12(17)10-20-15-4-2-3-14(15)16-11-22-8-7-19-16/h5-6,9,14-16,19-20H,2-4,7-8,10-11H2,1H3. The van der Waals surface area contributed by atoms with E-state index >= 15 is 0 Å². The molecule has 1 heterocycles. The van der Waals surface area contributed by atoms with Gasteiger partial charge >= 0.3 is 0 Å². The molecule has 4 nitrogen and oxygen atoms in total. The van der Waals surface area contributed by atoms with Crippen molar-refractivity contribution in [2.24, 2.45) is 5.92 Å². The molecule has 0 bridgehead atoms. The Hall–Kier alpha value is -0.620. The Labute approximate surface area is 141 Å². The zero-order chi connectivity index (χ0) is 15.4. The maximum atomic E-state index is 5.64. The minimum absolute atomic E-state index is 0.498. The van der Waals surface area contributed by atoms with E-state index in [1.807, 2.05) is 12.1 Å². The lowest BCUT2D eigenvalue weighted by atomic mass is 9.94. The quantitative estimate of drug-likeness (QED) is 0.838. The first-order chi connectivity index (χ1) is 10.8. The highest BCUT2D eigenvalue weighted by Gasteiger charge is 2.34. The third kappa shape index (κ3) is 3.82. The maximum Gasteiger partial charge on any atom is 0.123 e. The van der Waals surface area contributed by atoms with Crippen molar-refractivity contribution in [1.29, 1.82) is 0 Å². The molecule has 0 amide bonds. The molecule has 1 aromatic carbocycles. The van der Waals surface area contributed by atoms with Gasteiger partial charge in [0.15, 0.2) is 0 Å². The van der Waals surface area contributed by atoms with Gasteiger partial charge in [0, 0.05) is 35.2 Å². The molecule has 5 heteroatoms. The molecule has 1 aliphatic carbocycles. The number of hydrogen-bond donors (Lipinski definition) is 2. The van der Waals surface area contributed by atoms with Crippen molar-refractivity contribution < 1.29 is 9.47 Å². The van der Waals surface area contributed by atoms with Gasteiger partial charge in [0.25, 0.3) is 0 Å². The minimum atomic E-state index is 0.498. The van der Waals surface area contributed by atoms with Gasteiger partial charge in [-0.15, -0.1) is 0 Å². The van der Waals surface area contributed by atoms with E-state index in [2.05, 4.69) is 32.6 Å². The summed E-state index contributed by atoms with van der Waals surface area (Å²) in [4.78, 5) is 0. The maximum absolute atomic E-state index is 5.64. The van der Waals surface area contributed by atoms with E-state index in [1.54, 1.807) is 7.11 Å². The first kappa shape index (κ1) is 16.2. The van der Waals surface area contributed by atoms with Crippen LogP contribution in [0, 0.1) is 5.92 Å². The fraction of sp³-hybridized carbons (Fsp3) is 0.647. The predicted octanol–water partition coefficient (Wildman–Crippen LogP) is 2.70. The van der Waals surface area contributed by atoms with Crippen LogP contribution in [0.3, 0.4) is 0 Å². The van der Waals surface area contributed by atoms with E-state index in [0.29, 0.717) is 18.0 Å². The predicted molar refractivity (Wildman–Crippen MR) is 91.3 cm³/mol. The van der Waals surface area contributed by atoms with Crippen LogP contribution in [0.25, 0.3) is 0 Å². The van der Waals surface area contributed by atoms with Gasteiger partial charge in [-0.3, -0.25) is 0 Å². The molecule has 22 heavy (non-hydrogen) atoms. The molecule has 2 fully saturated rings. The lowest BCUT2D eigenvalue weighted by Crippen LogP contribution is -2.50. The highest BCUT2D eigenvalue weighted by Crippen LogP contribution is 2.30. The smallest absolute Gasteiger partial charge is 0.123 e. The van der Waals surface area contributed by atoms with Crippen molar-refractivity contribution in [3.05, 3.63) is 28.2 Å². The van der Waals surface area contributed by atoms with Crippen LogP contribution in [0.15, 0.2) is 22.7 Å². The fourth-order valence-corrected chi connectivity index (χ4v) is 4.12. The van der Waals surface area contributed by atoms with Crippen molar-refractivity contribution >= 4 is 15.9 Å². The second-order valence-electron chi connectivity index (χ2n) is 6.17. The van der Waals surface area contributed by atoms with Crippen LogP contribution in [0.5, 0.6) is 5.75 Å². The van der Waals surface area contributed by atoms with Crippen molar-refractivity contribution in [3.8, 4) is 5.75 Å². The van der Waals surface area contributed by atoms with E-state index in [4.69, 9.17) is 9.47 Å². The monoisotopic (exact) mass is 368 g/mol. The van der Waals surface area contributed by atoms with Crippen molar-refractivity contribution in [3.63, 3.8) is 0 Å². The van der Waals surface area contributed by atoms with E-state index < -0.39 is 0 Å². The number of methoxy groups -OCH3 is 1. The summed E-state index contributed by atoms with van der Waals surface area (Å²) < 4.78 is 12.2. The summed E-state index contributed by atoms with van der Waals surface area (Å²) in [7, 11) is 1.73. The van der Waals surface area contributed by atoms with Crippen LogP contribution in [0.1, 0.15) is 24.8 Å². The summed E-state index contributed by atoms with van der Waals surface area (Å²) in [6, 6.07) is 7.23. The molecule has 0 spiro atoms. The molecule has 0 aromatic heterocycles. The highest BCUT2D eigenvalue weighted by atomic mass is 79.9. The van der Waals surface area contributed by atoms with E-state index in [1.165, 1.54) is 24.8 Å². The summed E-state index contributed by atoms with van der Waals surface area (Å²) in [6.07, 6.45) is 3.84. The molecule has 1 saturated heterocycles. The molecule has 0 radical (unpaired) electrons. The molecule has 1 aliphatic heterocycles. The molecule has 1 aromatic rings. The van der Waals surface area contributed by atoms with Crippen LogP contribution in [0.2, 0.25) is 0 Å². The third-order valence-electron chi connectivity index (χ3n) is 4.83. The van der Waals surface area contributed by atoms with Crippen LogP contribution in [0.4, 0.5) is 0 Å². The van der Waals surface area contributed by atoms with Crippen LogP contribution >= 0.6 is 15.9 Å². The highest BCUT2D eigenvalue weighted by molar-refractivity contribution is 9.10. The Morgan fingerprint density at radius 1 is 1.41 bits per heavy atom. The van der Waals surface area contributed by atoms with Gasteiger partial charge in [-0.05, 0) is 37.0 Å². The van der Waals surface area contributed by atoms with Crippen molar-refractivity contribution in [1.82, 2.24) is 10.6 Å². The summed E-state index contributed by atoms with van der Waals surface area (Å²) in [5, 5.41) is 7.37. The molecular weight excluding hydrogens is 344 g/mol. The third-order valence-corrected chi connectivity index (χ3v) is 5.33. The first-order valence-corrected chi connectivity index (χ1v) is 8.94. The minimum Gasteiger partial charge on any atom is -0.496 e. The van der Waals surface area contributed by atoms with Crippen LogP contribution < -0.4 is 15.4 Å². The molecule has 2 aliphatic rings. The van der Waals surface area contributed by atoms with E-state index in [-0.39, 0.29) is 0 Å². The van der Waals surface area contributed by atoms with E-state index in [0.717, 1.165) is 36.5 Å². The Bertz CT molecular complexity index is 492. The number of halogens is 1. The SMILES string of the molecule is COc1ccc(Br)cc1CNC1CCCC1C1COCCN1. The van der Waals surface area contributed by atoms with Crippen molar-refractivity contribution in [2.45, 2.75) is 37.9 Å². The van der Waals surface area contributed by atoms with Crippen LogP contribution in [-0.2, 0) is 11.3 Å². The lowest BCUT2D eigenvalue weighted by molar-refractivity contribution is 0.0524. The first-order valence-electron chi connectivity index (χ1n) is 8.15. The van der Waals surface area contributed by atoms with Gasteiger partial charge in [0.05, 0.1) is 20.3 Å². The van der Waals surface area contributed by atoms with E-state index in [9.17, 15) is 0 Å². The molecule has 3 rings (SSSR count). The molecular formula is C17H25BrN2O2. The normalized spacial score (nSPS) is 28.7. The van der Waals surface area contributed by atoms with Crippen LogP contribution in [-0.4, -0.2) is 39.0 Å². The molecule has 3 unspecified atom stereocenters. The Morgan fingerprint density at radius 2 is 2.32 bits per heavy atom. The number of hydrogen-bond acceptors (Lipinski definition) is 4. The second-order valence-corrected chi connectivity index (χ2v) is 7.09. The number of nitrogens with one attached hydrogen (secondary N) is 2. The number of ether oxygens (including phenoxy) is 2. The average Bonchev–Trinajstić information content (AvgIpc) is 3.02. The topological polar surface area (TPSA) is 42.5 Å². The fourth-order valence-electron chi connectivity index (χ4n) is 3.71. The Balaban J connectivity index is 1.61. The van der Waals surface area contributed by atoms with Gasteiger partial charge in [0.1, 0.15) is 5.75 Å².